The first-order valence-corrected chi connectivity index (χ1v) is 9.13. The summed E-state index contributed by atoms with van der Waals surface area (Å²) in [6, 6.07) is 10.4. The van der Waals surface area contributed by atoms with Crippen LogP contribution in [0.1, 0.15) is 21.7 Å². The molecule has 1 atom stereocenters. The van der Waals surface area contributed by atoms with Gasteiger partial charge >= 0.3 is 0 Å². The van der Waals surface area contributed by atoms with E-state index in [1.54, 1.807) is 18.4 Å². The molecular weight excluding hydrogens is 456 g/mol. The molecule has 0 aliphatic heterocycles. The van der Waals surface area contributed by atoms with Crippen molar-refractivity contribution in [2.75, 3.05) is 7.11 Å². The lowest BCUT2D eigenvalue weighted by atomic mass is 10.1. The molecule has 0 amide bonds. The Morgan fingerprint density at radius 1 is 1.21 bits per heavy atom. The zero-order valence-corrected chi connectivity index (χ0v) is 15.9. The van der Waals surface area contributed by atoms with Crippen LogP contribution in [0.15, 0.2) is 38.6 Å². The normalized spacial score (nSPS) is 12.4. The van der Waals surface area contributed by atoms with Gasteiger partial charge in [0.05, 0.1) is 10.9 Å². The minimum Gasteiger partial charge on any atom is -0.497 e. The Kier molecular flexibility index (Phi) is 5.93. The molecule has 5 heteroatoms. The second kappa shape index (κ2) is 7.25. The molecular formula is C14H13Br3OS. The van der Waals surface area contributed by atoms with Crippen LogP contribution in [0.5, 0.6) is 5.75 Å². The van der Waals surface area contributed by atoms with Gasteiger partial charge in [0, 0.05) is 14.2 Å². The van der Waals surface area contributed by atoms with Crippen LogP contribution in [0.3, 0.4) is 0 Å². The van der Waals surface area contributed by atoms with Crippen LogP contribution in [0.25, 0.3) is 0 Å². The fraction of sp³-hybridized carbons (Fsp3) is 0.286. The summed E-state index contributed by atoms with van der Waals surface area (Å²) in [5.74, 6) is 0.908. The molecule has 102 valence electrons. The minimum absolute atomic E-state index is 0.391. The largest absolute Gasteiger partial charge is 0.497 e. The first-order valence-electron chi connectivity index (χ1n) is 5.82. The van der Waals surface area contributed by atoms with E-state index in [-0.39, 0.29) is 0 Å². The predicted octanol–water partition coefficient (Wildman–Crippen LogP) is 6.35. The average molecular weight is 469 g/mol. The molecule has 1 heterocycles. The molecule has 0 saturated carbocycles. The van der Waals surface area contributed by atoms with Crippen LogP contribution in [-0.2, 0) is 6.42 Å². The molecule has 0 N–H and O–H groups in total. The molecule has 19 heavy (non-hydrogen) atoms. The SMILES string of the molecule is COc1ccc(CCC(Br)c2cc(Br)c(Br)s2)cc1. The summed E-state index contributed by atoms with van der Waals surface area (Å²) in [4.78, 5) is 1.73. The number of benzene rings is 1. The van der Waals surface area contributed by atoms with E-state index in [9.17, 15) is 0 Å². The lowest BCUT2D eigenvalue weighted by Crippen LogP contribution is -1.91. The van der Waals surface area contributed by atoms with Crippen LogP contribution >= 0.6 is 59.1 Å². The number of hydrogen-bond acceptors (Lipinski definition) is 2. The second-order valence-corrected chi connectivity index (χ2v) is 8.49. The molecule has 1 aromatic carbocycles. The van der Waals surface area contributed by atoms with Crippen molar-refractivity contribution in [3.8, 4) is 5.75 Å². The van der Waals surface area contributed by atoms with Gasteiger partial charge in [-0.15, -0.1) is 11.3 Å². The number of rotatable bonds is 5. The van der Waals surface area contributed by atoms with Gasteiger partial charge in [0.1, 0.15) is 5.75 Å². The van der Waals surface area contributed by atoms with Crippen molar-refractivity contribution in [1.82, 2.24) is 0 Å². The van der Waals surface area contributed by atoms with Gasteiger partial charge < -0.3 is 4.74 Å². The maximum Gasteiger partial charge on any atom is 0.118 e. The van der Waals surface area contributed by atoms with Crippen molar-refractivity contribution in [2.45, 2.75) is 17.7 Å². The van der Waals surface area contributed by atoms with E-state index >= 15 is 0 Å². The zero-order chi connectivity index (χ0) is 13.8. The fourth-order valence-electron chi connectivity index (χ4n) is 1.75. The van der Waals surface area contributed by atoms with E-state index in [1.807, 2.05) is 12.1 Å². The van der Waals surface area contributed by atoms with Crippen LogP contribution < -0.4 is 4.74 Å². The fourth-order valence-corrected chi connectivity index (χ4v) is 4.49. The van der Waals surface area contributed by atoms with Crippen molar-refractivity contribution in [1.29, 1.82) is 0 Å². The molecule has 2 aromatic rings. The molecule has 0 aliphatic carbocycles. The van der Waals surface area contributed by atoms with Crippen molar-refractivity contribution >= 4 is 59.1 Å². The van der Waals surface area contributed by atoms with Crippen molar-refractivity contribution < 1.29 is 4.74 Å². The second-order valence-electron chi connectivity index (χ2n) is 4.12. The van der Waals surface area contributed by atoms with Gasteiger partial charge in [-0.1, -0.05) is 28.1 Å². The topological polar surface area (TPSA) is 9.23 Å². The summed E-state index contributed by atoms with van der Waals surface area (Å²) in [6.07, 6.45) is 2.12. The minimum atomic E-state index is 0.391. The first-order chi connectivity index (χ1) is 9.10. The Bertz CT molecular complexity index is 517. The highest BCUT2D eigenvalue weighted by Crippen LogP contribution is 2.40. The number of thiophene rings is 1. The van der Waals surface area contributed by atoms with Crippen LogP contribution in [0.4, 0.5) is 0 Å². The van der Waals surface area contributed by atoms with Crippen molar-refractivity contribution in [3.63, 3.8) is 0 Å². The van der Waals surface area contributed by atoms with Gasteiger partial charge in [-0.05, 0) is 68.5 Å². The summed E-state index contributed by atoms with van der Waals surface area (Å²) in [5.41, 5.74) is 1.33. The number of aryl methyl sites for hydroxylation is 1. The third kappa shape index (κ3) is 4.31. The van der Waals surface area contributed by atoms with Gasteiger partial charge in [0.2, 0.25) is 0 Å². The Labute approximate surface area is 142 Å². The Balaban J connectivity index is 1.94. The summed E-state index contributed by atoms with van der Waals surface area (Å²) in [5, 5.41) is 0. The highest BCUT2D eigenvalue weighted by atomic mass is 79.9. The van der Waals surface area contributed by atoms with Crippen LogP contribution in [-0.4, -0.2) is 7.11 Å². The average Bonchev–Trinajstić information content (AvgIpc) is 2.77. The van der Waals surface area contributed by atoms with Gasteiger partial charge in [0.15, 0.2) is 0 Å². The summed E-state index contributed by atoms with van der Waals surface area (Å²) in [7, 11) is 1.69. The third-order valence-corrected chi connectivity index (χ3v) is 7.44. The molecule has 0 bridgehead atoms. The van der Waals surface area contributed by atoms with Gasteiger partial charge in [-0.2, -0.15) is 0 Å². The lowest BCUT2D eigenvalue weighted by molar-refractivity contribution is 0.414. The zero-order valence-electron chi connectivity index (χ0n) is 10.3. The molecule has 1 nitrogen and oxygen atoms in total. The smallest absolute Gasteiger partial charge is 0.118 e. The van der Waals surface area contributed by atoms with E-state index in [1.165, 1.54) is 10.4 Å². The quantitative estimate of drug-likeness (QED) is 0.464. The maximum absolute atomic E-state index is 5.16. The number of methoxy groups -OCH3 is 1. The summed E-state index contributed by atoms with van der Waals surface area (Å²) < 4.78 is 7.44. The van der Waals surface area contributed by atoms with E-state index in [2.05, 4.69) is 66.0 Å². The third-order valence-electron chi connectivity index (χ3n) is 2.82. The van der Waals surface area contributed by atoms with E-state index in [4.69, 9.17) is 4.74 Å². The van der Waals surface area contributed by atoms with E-state index in [0.717, 1.165) is 26.9 Å². The molecule has 0 saturated heterocycles. The molecule has 1 unspecified atom stereocenters. The molecule has 1 aromatic heterocycles. The summed E-state index contributed by atoms with van der Waals surface area (Å²) >= 11 is 12.6. The predicted molar refractivity (Wildman–Crippen MR) is 92.7 cm³/mol. The highest BCUT2D eigenvalue weighted by Gasteiger charge is 2.13. The summed E-state index contributed by atoms with van der Waals surface area (Å²) in [6.45, 7) is 0. The number of ether oxygens (including phenoxy) is 1. The standard InChI is InChI=1S/C14H13Br3OS/c1-18-10-5-2-9(3-6-10)4-7-11(15)13-8-12(16)14(17)19-13/h2-3,5-6,8,11H,4,7H2,1H3. The number of halogens is 3. The number of hydrogen-bond donors (Lipinski definition) is 0. The Morgan fingerprint density at radius 2 is 1.89 bits per heavy atom. The Hall–Kier alpha value is 0.160. The molecule has 2 rings (SSSR count). The Morgan fingerprint density at radius 3 is 2.42 bits per heavy atom. The first kappa shape index (κ1) is 15.5. The number of alkyl halides is 1. The van der Waals surface area contributed by atoms with E-state index in [0.29, 0.717) is 4.83 Å². The molecule has 0 fully saturated rings. The van der Waals surface area contributed by atoms with Crippen molar-refractivity contribution in [2.24, 2.45) is 0 Å². The van der Waals surface area contributed by atoms with E-state index < -0.39 is 0 Å². The molecule has 0 aliphatic rings. The lowest BCUT2D eigenvalue weighted by Gasteiger charge is -2.08. The maximum atomic E-state index is 5.16. The van der Waals surface area contributed by atoms with Crippen molar-refractivity contribution in [3.05, 3.63) is 49.0 Å². The van der Waals surface area contributed by atoms with Crippen LogP contribution in [0, 0.1) is 0 Å². The highest BCUT2D eigenvalue weighted by molar-refractivity contribution is 9.13. The molecule has 0 spiro atoms. The van der Waals surface area contributed by atoms with Gasteiger partial charge in [0.25, 0.3) is 0 Å². The van der Waals surface area contributed by atoms with Gasteiger partial charge in [-0.3, -0.25) is 0 Å². The van der Waals surface area contributed by atoms with Gasteiger partial charge in [-0.25, -0.2) is 0 Å². The van der Waals surface area contributed by atoms with Crippen LogP contribution in [0.2, 0.25) is 0 Å². The monoisotopic (exact) mass is 466 g/mol. The molecule has 0 radical (unpaired) electrons.